The van der Waals surface area contributed by atoms with Crippen LogP contribution in [0, 0.1) is 13.8 Å². The second-order valence-electron chi connectivity index (χ2n) is 9.11. The molecule has 0 radical (unpaired) electrons. The van der Waals surface area contributed by atoms with E-state index < -0.39 is 18.5 Å². The Bertz CT molecular complexity index is 1700. The summed E-state index contributed by atoms with van der Waals surface area (Å²) in [6.07, 6.45) is 0. The zero-order valence-corrected chi connectivity index (χ0v) is 22.7. The van der Waals surface area contributed by atoms with E-state index in [1.807, 2.05) is 62.4 Å². The van der Waals surface area contributed by atoms with E-state index in [9.17, 15) is 9.59 Å². The first-order valence-corrected chi connectivity index (χ1v) is 12.9. The van der Waals surface area contributed by atoms with Gasteiger partial charge in [0.25, 0.3) is 5.91 Å². The minimum atomic E-state index is -0.650. The molecular formula is C31H23Cl2N3O3. The smallest absolute Gasteiger partial charge is 0.338 e. The van der Waals surface area contributed by atoms with Gasteiger partial charge in [-0.25, -0.2) is 14.8 Å². The fourth-order valence-corrected chi connectivity index (χ4v) is 4.29. The lowest BCUT2D eigenvalue weighted by atomic mass is 10.0. The largest absolute Gasteiger partial charge is 0.452 e. The standard InChI is InChI=1S/C31H23Cl2N3O3/c1-18-3-7-20(8-4-18)29-30(21-9-5-19(2)6-10-21)36-27-15-22(11-14-26(27)35-29)31(38)39-17-28(37)34-23-12-13-24(32)25(33)16-23/h3-16H,17H2,1-2H3,(H,34,37). The van der Waals surface area contributed by atoms with Gasteiger partial charge in [-0.3, -0.25) is 4.79 Å². The molecule has 4 aromatic carbocycles. The number of benzene rings is 4. The van der Waals surface area contributed by atoms with E-state index >= 15 is 0 Å². The van der Waals surface area contributed by atoms with Crippen LogP contribution in [0.5, 0.6) is 0 Å². The normalized spacial score (nSPS) is 10.9. The average molecular weight is 556 g/mol. The molecule has 1 heterocycles. The van der Waals surface area contributed by atoms with Crippen molar-refractivity contribution >= 4 is 51.8 Å². The predicted molar refractivity (Wildman–Crippen MR) is 155 cm³/mol. The Morgan fingerprint density at radius 1 is 0.718 bits per heavy atom. The number of ether oxygens (including phenoxy) is 1. The minimum Gasteiger partial charge on any atom is -0.452 e. The van der Waals surface area contributed by atoms with Gasteiger partial charge < -0.3 is 10.1 Å². The molecule has 5 rings (SSSR count). The van der Waals surface area contributed by atoms with Gasteiger partial charge in [0.1, 0.15) is 0 Å². The van der Waals surface area contributed by atoms with Gasteiger partial charge in [0.15, 0.2) is 6.61 Å². The van der Waals surface area contributed by atoms with Crippen molar-refractivity contribution in [1.29, 1.82) is 0 Å². The van der Waals surface area contributed by atoms with Gasteiger partial charge in [-0.2, -0.15) is 0 Å². The van der Waals surface area contributed by atoms with Crippen molar-refractivity contribution in [2.45, 2.75) is 13.8 Å². The summed E-state index contributed by atoms with van der Waals surface area (Å²) in [4.78, 5) is 34.9. The number of rotatable bonds is 6. The first-order chi connectivity index (χ1) is 18.8. The summed E-state index contributed by atoms with van der Waals surface area (Å²) >= 11 is 11.9. The molecule has 5 aromatic rings. The van der Waals surface area contributed by atoms with Crippen molar-refractivity contribution in [3.8, 4) is 22.5 Å². The van der Waals surface area contributed by atoms with Crippen molar-refractivity contribution < 1.29 is 14.3 Å². The van der Waals surface area contributed by atoms with Crippen molar-refractivity contribution in [1.82, 2.24) is 9.97 Å². The molecule has 0 aliphatic rings. The van der Waals surface area contributed by atoms with Crippen molar-refractivity contribution in [2.75, 3.05) is 11.9 Å². The molecule has 0 spiro atoms. The van der Waals surface area contributed by atoms with Crippen molar-refractivity contribution in [2.24, 2.45) is 0 Å². The number of hydrogen-bond donors (Lipinski definition) is 1. The summed E-state index contributed by atoms with van der Waals surface area (Å²) in [6.45, 7) is 3.59. The average Bonchev–Trinajstić information content (AvgIpc) is 2.93. The SMILES string of the molecule is Cc1ccc(-c2nc3ccc(C(=O)OCC(=O)Nc4ccc(Cl)c(Cl)c4)cc3nc2-c2ccc(C)cc2)cc1. The number of anilines is 1. The van der Waals surface area contributed by atoms with Crippen LogP contribution < -0.4 is 5.32 Å². The van der Waals surface area contributed by atoms with Crippen molar-refractivity contribution in [3.63, 3.8) is 0 Å². The van der Waals surface area contributed by atoms with Gasteiger partial charge in [0.05, 0.1) is 38.0 Å². The summed E-state index contributed by atoms with van der Waals surface area (Å²) in [7, 11) is 0. The van der Waals surface area contributed by atoms with Gasteiger partial charge in [-0.1, -0.05) is 82.9 Å². The molecule has 0 atom stereocenters. The van der Waals surface area contributed by atoms with E-state index in [-0.39, 0.29) is 5.56 Å². The highest BCUT2D eigenvalue weighted by molar-refractivity contribution is 6.42. The Kier molecular flexibility index (Phi) is 7.59. The fraction of sp³-hybridized carbons (Fsp3) is 0.0968. The Hall–Kier alpha value is -4.26. The fourth-order valence-electron chi connectivity index (χ4n) is 3.99. The maximum Gasteiger partial charge on any atom is 0.338 e. The van der Waals surface area contributed by atoms with Crippen LogP contribution in [0.4, 0.5) is 5.69 Å². The molecule has 0 fully saturated rings. The number of nitrogens with zero attached hydrogens (tertiary/aromatic N) is 2. The van der Waals surface area contributed by atoms with Crippen LogP contribution in [0.25, 0.3) is 33.5 Å². The molecule has 6 nitrogen and oxygen atoms in total. The van der Waals surface area contributed by atoms with Crippen LogP contribution >= 0.6 is 23.2 Å². The first-order valence-electron chi connectivity index (χ1n) is 12.1. The number of carbonyl (C=O) groups excluding carboxylic acids is 2. The third kappa shape index (κ3) is 6.08. The van der Waals surface area contributed by atoms with Crippen LogP contribution in [-0.2, 0) is 9.53 Å². The second-order valence-corrected chi connectivity index (χ2v) is 9.92. The van der Waals surface area contributed by atoms with E-state index in [2.05, 4.69) is 5.32 Å². The second kappa shape index (κ2) is 11.2. The van der Waals surface area contributed by atoms with Crippen molar-refractivity contribution in [3.05, 3.63) is 112 Å². The van der Waals surface area contributed by atoms with Crippen LogP contribution in [0.2, 0.25) is 10.0 Å². The molecule has 0 aliphatic carbocycles. The molecule has 194 valence electrons. The van der Waals surface area contributed by atoms with E-state index in [0.29, 0.717) is 32.5 Å². The topological polar surface area (TPSA) is 81.2 Å². The zero-order valence-electron chi connectivity index (χ0n) is 21.2. The van der Waals surface area contributed by atoms with E-state index in [0.717, 1.165) is 27.9 Å². The Morgan fingerprint density at radius 2 is 1.31 bits per heavy atom. The van der Waals surface area contributed by atoms with Crippen LogP contribution in [-0.4, -0.2) is 28.5 Å². The van der Waals surface area contributed by atoms with Crippen LogP contribution in [0.1, 0.15) is 21.5 Å². The lowest BCUT2D eigenvalue weighted by molar-refractivity contribution is -0.119. The lowest BCUT2D eigenvalue weighted by Crippen LogP contribution is -2.21. The summed E-state index contributed by atoms with van der Waals surface area (Å²) < 4.78 is 5.24. The van der Waals surface area contributed by atoms with E-state index in [1.54, 1.807) is 30.3 Å². The summed E-state index contributed by atoms with van der Waals surface area (Å²) in [6, 6.07) is 25.8. The summed E-state index contributed by atoms with van der Waals surface area (Å²) in [5.41, 5.74) is 7.48. The first kappa shape index (κ1) is 26.4. The van der Waals surface area contributed by atoms with E-state index in [4.69, 9.17) is 37.9 Å². The number of amides is 1. The number of aryl methyl sites for hydroxylation is 2. The molecule has 0 saturated heterocycles. The van der Waals surface area contributed by atoms with Gasteiger partial charge in [0, 0.05) is 16.8 Å². The van der Waals surface area contributed by atoms with Gasteiger partial charge in [-0.05, 0) is 50.2 Å². The van der Waals surface area contributed by atoms with E-state index in [1.165, 1.54) is 6.07 Å². The lowest BCUT2D eigenvalue weighted by Gasteiger charge is -2.12. The number of halogens is 2. The molecule has 1 N–H and O–H groups in total. The molecule has 1 aromatic heterocycles. The van der Waals surface area contributed by atoms with Gasteiger partial charge in [-0.15, -0.1) is 0 Å². The van der Waals surface area contributed by atoms with Crippen LogP contribution in [0.3, 0.4) is 0 Å². The highest BCUT2D eigenvalue weighted by Crippen LogP contribution is 2.32. The van der Waals surface area contributed by atoms with Gasteiger partial charge in [0.2, 0.25) is 0 Å². The third-order valence-corrected chi connectivity index (χ3v) is 6.83. The molecule has 1 amide bonds. The Balaban J connectivity index is 1.41. The molecule has 0 saturated carbocycles. The highest BCUT2D eigenvalue weighted by Gasteiger charge is 2.16. The maximum atomic E-state index is 12.8. The number of aromatic nitrogens is 2. The highest BCUT2D eigenvalue weighted by atomic mass is 35.5. The number of carbonyl (C=O) groups is 2. The third-order valence-electron chi connectivity index (χ3n) is 6.09. The summed E-state index contributed by atoms with van der Waals surface area (Å²) in [5, 5.41) is 3.30. The Labute approximate surface area is 235 Å². The predicted octanol–water partition coefficient (Wildman–Crippen LogP) is 7.68. The molecular weight excluding hydrogens is 533 g/mol. The molecule has 8 heteroatoms. The van der Waals surface area contributed by atoms with Gasteiger partial charge >= 0.3 is 5.97 Å². The molecule has 0 unspecified atom stereocenters. The monoisotopic (exact) mass is 555 g/mol. The van der Waals surface area contributed by atoms with Crippen LogP contribution in [0.15, 0.2) is 84.9 Å². The number of esters is 1. The molecule has 0 bridgehead atoms. The number of hydrogen-bond acceptors (Lipinski definition) is 5. The summed E-state index contributed by atoms with van der Waals surface area (Å²) in [5.74, 6) is -1.16. The number of nitrogens with one attached hydrogen (secondary N) is 1. The Morgan fingerprint density at radius 3 is 1.90 bits per heavy atom. The quantitative estimate of drug-likeness (QED) is 0.217. The minimum absolute atomic E-state index is 0.261. The zero-order chi connectivity index (χ0) is 27.5. The molecule has 39 heavy (non-hydrogen) atoms. The molecule has 0 aliphatic heterocycles. The number of fused-ring (bicyclic) bond motifs is 1. The maximum absolute atomic E-state index is 12.8.